The second kappa shape index (κ2) is 6.69. The van der Waals surface area contributed by atoms with Crippen molar-refractivity contribution >= 4 is 10.9 Å². The maximum atomic E-state index is 11.5. The summed E-state index contributed by atoms with van der Waals surface area (Å²) >= 11 is 0. The molecule has 3 nitrogen and oxygen atoms in total. The topological polar surface area (TPSA) is 28.4 Å². The van der Waals surface area contributed by atoms with Gasteiger partial charge >= 0.3 is 0 Å². The first-order valence-corrected chi connectivity index (χ1v) is 10.4. The molecule has 0 amide bonds. The van der Waals surface area contributed by atoms with E-state index in [1.165, 1.54) is 34.1 Å². The molecule has 1 aliphatic carbocycles. The largest absolute Gasteiger partial charge is 0.388 e. The maximum Gasteiger partial charge on any atom is 0.0831 e. The van der Waals surface area contributed by atoms with Gasteiger partial charge in [0.1, 0.15) is 0 Å². The van der Waals surface area contributed by atoms with Crippen molar-refractivity contribution < 1.29 is 5.11 Å². The fourth-order valence-electron chi connectivity index (χ4n) is 5.70. The zero-order chi connectivity index (χ0) is 18.5. The van der Waals surface area contributed by atoms with Gasteiger partial charge in [-0.25, -0.2) is 0 Å². The predicted molar refractivity (Wildman–Crippen MR) is 109 cm³/mol. The Morgan fingerprint density at radius 1 is 1.12 bits per heavy atom. The normalized spacial score (nSPS) is 30.3. The number of hydrogen-bond donors (Lipinski definition) is 1. The second-order valence-corrected chi connectivity index (χ2v) is 9.41. The quantitative estimate of drug-likeness (QED) is 0.877. The van der Waals surface area contributed by atoms with Crippen molar-refractivity contribution in [2.75, 3.05) is 20.1 Å². The van der Waals surface area contributed by atoms with Crippen LogP contribution in [0.2, 0.25) is 0 Å². The lowest BCUT2D eigenvalue weighted by Gasteiger charge is -2.39. The summed E-state index contributed by atoms with van der Waals surface area (Å²) in [5.74, 6) is 1.22. The van der Waals surface area contributed by atoms with E-state index in [2.05, 4.69) is 55.5 Å². The van der Waals surface area contributed by atoms with E-state index in [1.54, 1.807) is 0 Å². The molecule has 1 aromatic carbocycles. The molecule has 2 unspecified atom stereocenters. The minimum atomic E-state index is -0.570. The van der Waals surface area contributed by atoms with Crippen molar-refractivity contribution in [2.24, 2.45) is 11.8 Å². The summed E-state index contributed by atoms with van der Waals surface area (Å²) in [5.41, 5.74) is 5.07. The van der Waals surface area contributed by atoms with Crippen LogP contribution in [0.4, 0.5) is 0 Å². The molecule has 26 heavy (non-hydrogen) atoms. The summed E-state index contributed by atoms with van der Waals surface area (Å²) in [6, 6.07) is 6.86. The second-order valence-electron chi connectivity index (χ2n) is 9.41. The molecule has 142 valence electrons. The number of aliphatic hydroxyl groups is 1. The number of hydrogen-bond acceptors (Lipinski definition) is 2. The maximum absolute atomic E-state index is 11.5. The average molecular weight is 355 g/mol. The number of rotatable bonds is 2. The van der Waals surface area contributed by atoms with E-state index >= 15 is 0 Å². The Morgan fingerprint density at radius 2 is 1.81 bits per heavy atom. The third kappa shape index (κ3) is 3.32. The highest BCUT2D eigenvalue weighted by Gasteiger charge is 2.37. The summed E-state index contributed by atoms with van der Waals surface area (Å²) in [7, 11) is 2.22. The molecule has 1 saturated carbocycles. The van der Waals surface area contributed by atoms with Crippen LogP contribution in [0.15, 0.2) is 18.2 Å². The Bertz CT molecular complexity index is 796. The number of aromatic nitrogens is 1. The van der Waals surface area contributed by atoms with Gasteiger partial charge in [-0.05, 0) is 69.2 Å². The third-order valence-corrected chi connectivity index (χ3v) is 6.63. The summed E-state index contributed by atoms with van der Waals surface area (Å²) in [6.45, 7) is 9.76. The minimum absolute atomic E-state index is 0.570. The lowest BCUT2D eigenvalue weighted by molar-refractivity contribution is -0.0437. The fourth-order valence-corrected chi connectivity index (χ4v) is 5.70. The van der Waals surface area contributed by atoms with Crippen molar-refractivity contribution in [1.82, 2.24) is 9.47 Å². The third-order valence-electron chi connectivity index (χ3n) is 6.63. The molecule has 2 aromatic rings. The van der Waals surface area contributed by atoms with E-state index in [9.17, 15) is 5.11 Å². The van der Waals surface area contributed by atoms with Crippen LogP contribution in [0, 0.1) is 18.8 Å². The molecule has 0 radical (unpaired) electrons. The van der Waals surface area contributed by atoms with Crippen molar-refractivity contribution in [3.63, 3.8) is 0 Å². The molecular formula is C23H34N2O. The van der Waals surface area contributed by atoms with Gasteiger partial charge in [0.2, 0.25) is 0 Å². The summed E-state index contributed by atoms with van der Waals surface area (Å²) in [4.78, 5) is 2.44. The highest BCUT2D eigenvalue weighted by atomic mass is 16.3. The first-order valence-electron chi connectivity index (χ1n) is 10.4. The summed E-state index contributed by atoms with van der Waals surface area (Å²) in [5, 5.41) is 12.9. The van der Waals surface area contributed by atoms with Crippen LogP contribution in [0.3, 0.4) is 0 Å². The van der Waals surface area contributed by atoms with Gasteiger partial charge in [-0.2, -0.15) is 0 Å². The van der Waals surface area contributed by atoms with Crippen molar-refractivity contribution in [3.8, 4) is 0 Å². The Morgan fingerprint density at radius 3 is 2.54 bits per heavy atom. The first-order chi connectivity index (χ1) is 12.3. The number of fused-ring (bicyclic) bond motifs is 3. The lowest BCUT2D eigenvalue weighted by Crippen LogP contribution is -2.42. The molecule has 1 aliphatic heterocycles. The zero-order valence-electron chi connectivity index (χ0n) is 16.9. The number of benzene rings is 1. The molecule has 0 saturated heterocycles. The lowest BCUT2D eigenvalue weighted by atomic mass is 9.73. The molecule has 2 aliphatic rings. The Kier molecular flexibility index (Phi) is 4.65. The van der Waals surface area contributed by atoms with Gasteiger partial charge in [0.25, 0.3) is 0 Å². The summed E-state index contributed by atoms with van der Waals surface area (Å²) in [6.07, 6.45) is 5.30. The van der Waals surface area contributed by atoms with Crippen LogP contribution in [0.25, 0.3) is 10.9 Å². The molecule has 2 heterocycles. The van der Waals surface area contributed by atoms with Crippen molar-refractivity contribution in [2.45, 2.75) is 65.0 Å². The van der Waals surface area contributed by atoms with Gasteiger partial charge in [-0.1, -0.05) is 25.5 Å². The molecule has 0 bridgehead atoms. The van der Waals surface area contributed by atoms with Gasteiger partial charge < -0.3 is 14.6 Å². The highest BCUT2D eigenvalue weighted by Crippen LogP contribution is 2.39. The van der Waals surface area contributed by atoms with E-state index in [0.717, 1.165) is 45.3 Å². The molecule has 1 N–H and O–H groups in total. The number of aryl methyl sites for hydroxylation is 1. The Balaban J connectivity index is 1.79. The molecule has 4 rings (SSSR count). The number of likely N-dealkylation sites (N-methyl/N-ethyl adjacent to an activating group) is 1. The van der Waals surface area contributed by atoms with Gasteiger partial charge in [-0.3, -0.25) is 0 Å². The van der Waals surface area contributed by atoms with E-state index in [0.29, 0.717) is 11.8 Å². The SMILES string of the molecule is Cc1ccc2c(c1)c1c(n2CC2(O)CC(C)CC(C)C2)CCN(C)CC1. The van der Waals surface area contributed by atoms with Gasteiger partial charge in [0.15, 0.2) is 0 Å². The molecule has 2 atom stereocenters. The molecule has 0 spiro atoms. The van der Waals surface area contributed by atoms with Crippen LogP contribution in [-0.2, 0) is 19.4 Å². The predicted octanol–water partition coefficient (Wildman–Crippen LogP) is 4.17. The van der Waals surface area contributed by atoms with E-state index in [-0.39, 0.29) is 0 Å². The fraction of sp³-hybridized carbons (Fsp3) is 0.652. The van der Waals surface area contributed by atoms with Gasteiger partial charge in [0.05, 0.1) is 12.1 Å². The number of nitrogens with zero attached hydrogens (tertiary/aromatic N) is 2. The Labute approximate surface area is 158 Å². The zero-order valence-corrected chi connectivity index (χ0v) is 16.9. The van der Waals surface area contributed by atoms with Crippen LogP contribution < -0.4 is 0 Å². The van der Waals surface area contributed by atoms with Crippen LogP contribution >= 0.6 is 0 Å². The highest BCUT2D eigenvalue weighted by molar-refractivity contribution is 5.86. The molecule has 1 aromatic heterocycles. The van der Waals surface area contributed by atoms with Gasteiger partial charge in [0, 0.05) is 36.1 Å². The van der Waals surface area contributed by atoms with Gasteiger partial charge in [-0.15, -0.1) is 0 Å². The smallest absolute Gasteiger partial charge is 0.0831 e. The van der Waals surface area contributed by atoms with E-state index in [1.807, 2.05) is 0 Å². The summed E-state index contributed by atoms with van der Waals surface area (Å²) < 4.78 is 2.48. The standard InChI is InChI=1S/C23H34N2O/c1-16-5-6-21-20(12-16)19-7-9-24(4)10-8-22(19)25(21)15-23(26)13-17(2)11-18(3)14-23/h5-6,12,17-18,26H,7-11,13-15H2,1-4H3. The van der Waals surface area contributed by atoms with Crippen molar-refractivity contribution in [3.05, 3.63) is 35.0 Å². The van der Waals surface area contributed by atoms with Crippen LogP contribution in [-0.4, -0.2) is 40.3 Å². The monoisotopic (exact) mass is 354 g/mol. The van der Waals surface area contributed by atoms with E-state index in [4.69, 9.17) is 0 Å². The van der Waals surface area contributed by atoms with Crippen molar-refractivity contribution in [1.29, 1.82) is 0 Å². The molecule has 1 fully saturated rings. The first kappa shape index (κ1) is 18.1. The van der Waals surface area contributed by atoms with Crippen LogP contribution in [0.5, 0.6) is 0 Å². The average Bonchev–Trinajstić information content (AvgIpc) is 2.68. The minimum Gasteiger partial charge on any atom is -0.388 e. The molecular weight excluding hydrogens is 320 g/mol. The van der Waals surface area contributed by atoms with Crippen LogP contribution in [0.1, 0.15) is 49.9 Å². The Hall–Kier alpha value is -1.32. The van der Waals surface area contributed by atoms with E-state index < -0.39 is 5.60 Å². The molecule has 3 heteroatoms.